The fourth-order valence-electron chi connectivity index (χ4n) is 3.03. The van der Waals surface area contributed by atoms with Crippen molar-refractivity contribution in [3.05, 3.63) is 23.8 Å². The lowest BCUT2D eigenvalue weighted by Gasteiger charge is -2.30. The number of benzene rings is 1. The van der Waals surface area contributed by atoms with E-state index < -0.39 is 0 Å². The molecule has 0 radical (unpaired) electrons. The van der Waals surface area contributed by atoms with Gasteiger partial charge in [-0.2, -0.15) is 0 Å². The Bertz CT molecular complexity index is 560. The summed E-state index contributed by atoms with van der Waals surface area (Å²) in [5, 5.41) is 16.5. The van der Waals surface area contributed by atoms with Gasteiger partial charge in [0.1, 0.15) is 11.5 Å². The predicted octanol–water partition coefficient (Wildman–Crippen LogP) is 2.81. The standard InChI is InChI=1S/C19H32N4O2.HI/c1-15-7-11-23(12-8-15)10-4-9-21-19(20-2)22-14-16-13-17(25-3)5-6-18(16)24;/h5-6,13,15,24H,4,7-12,14H2,1-3H3,(H2,20,21,22);1H. The maximum atomic E-state index is 9.93. The highest BCUT2D eigenvalue weighted by Crippen LogP contribution is 2.22. The third-order valence-corrected chi connectivity index (χ3v) is 4.78. The molecule has 1 saturated heterocycles. The molecule has 0 atom stereocenters. The van der Waals surface area contributed by atoms with Gasteiger partial charge >= 0.3 is 0 Å². The van der Waals surface area contributed by atoms with Gasteiger partial charge in [0.2, 0.25) is 0 Å². The molecule has 2 rings (SSSR count). The molecule has 0 amide bonds. The van der Waals surface area contributed by atoms with Crippen LogP contribution in [0.15, 0.2) is 23.2 Å². The van der Waals surface area contributed by atoms with E-state index in [1.807, 2.05) is 6.07 Å². The van der Waals surface area contributed by atoms with Crippen molar-refractivity contribution in [1.29, 1.82) is 0 Å². The van der Waals surface area contributed by atoms with Crippen LogP contribution in [0.4, 0.5) is 0 Å². The number of nitrogens with one attached hydrogen (secondary N) is 2. The lowest BCUT2D eigenvalue weighted by Crippen LogP contribution is -2.39. The molecule has 1 heterocycles. The summed E-state index contributed by atoms with van der Waals surface area (Å²) in [5.41, 5.74) is 0.782. The Balaban J connectivity index is 0.00000338. The molecule has 1 aliphatic rings. The Kier molecular flexibility index (Phi) is 10.7. The van der Waals surface area contributed by atoms with Gasteiger partial charge in [0.25, 0.3) is 0 Å². The van der Waals surface area contributed by atoms with E-state index >= 15 is 0 Å². The van der Waals surface area contributed by atoms with Crippen LogP contribution < -0.4 is 15.4 Å². The number of aliphatic imine (C=N–C) groups is 1. The number of likely N-dealkylation sites (tertiary alicyclic amines) is 1. The third-order valence-electron chi connectivity index (χ3n) is 4.78. The average Bonchev–Trinajstić information content (AvgIpc) is 2.64. The molecule has 3 N–H and O–H groups in total. The van der Waals surface area contributed by atoms with E-state index in [0.29, 0.717) is 6.54 Å². The second-order valence-corrected chi connectivity index (χ2v) is 6.72. The molecule has 0 saturated carbocycles. The van der Waals surface area contributed by atoms with E-state index in [4.69, 9.17) is 4.74 Å². The molecule has 0 aliphatic carbocycles. The molecular weight excluding hydrogens is 443 g/mol. The van der Waals surface area contributed by atoms with Crippen molar-refractivity contribution in [2.24, 2.45) is 10.9 Å². The van der Waals surface area contributed by atoms with Gasteiger partial charge in [0.05, 0.1) is 7.11 Å². The highest BCUT2D eigenvalue weighted by atomic mass is 127. The largest absolute Gasteiger partial charge is 0.508 e. The number of phenolic OH excluding ortho intramolecular Hbond substituents is 1. The number of guanidine groups is 1. The maximum Gasteiger partial charge on any atom is 0.191 e. The SMILES string of the molecule is CN=C(NCCCN1CCC(C)CC1)NCc1cc(OC)ccc1O.I. The number of hydrogen-bond donors (Lipinski definition) is 3. The van der Waals surface area contributed by atoms with Gasteiger partial charge in [-0.1, -0.05) is 6.92 Å². The number of aromatic hydroxyl groups is 1. The third kappa shape index (κ3) is 7.57. The number of piperidine rings is 1. The summed E-state index contributed by atoms with van der Waals surface area (Å²) in [6.45, 7) is 7.30. The van der Waals surface area contributed by atoms with E-state index in [-0.39, 0.29) is 29.7 Å². The fraction of sp³-hybridized carbons (Fsp3) is 0.632. The van der Waals surface area contributed by atoms with Gasteiger partial charge in [-0.25, -0.2) is 0 Å². The number of nitrogens with zero attached hydrogens (tertiary/aromatic N) is 2. The molecule has 0 unspecified atom stereocenters. The number of methoxy groups -OCH3 is 1. The maximum absolute atomic E-state index is 9.93. The first-order valence-electron chi connectivity index (χ1n) is 9.15. The number of rotatable bonds is 7. The van der Waals surface area contributed by atoms with Gasteiger partial charge in [-0.05, 0) is 63.0 Å². The van der Waals surface area contributed by atoms with Crippen molar-refractivity contribution in [1.82, 2.24) is 15.5 Å². The molecule has 26 heavy (non-hydrogen) atoms. The van der Waals surface area contributed by atoms with Crippen LogP contribution >= 0.6 is 24.0 Å². The van der Waals surface area contributed by atoms with E-state index in [9.17, 15) is 5.11 Å². The molecule has 0 bridgehead atoms. The first-order chi connectivity index (χ1) is 12.1. The number of phenols is 1. The van der Waals surface area contributed by atoms with Crippen LogP contribution in [0.2, 0.25) is 0 Å². The fourth-order valence-corrected chi connectivity index (χ4v) is 3.03. The Labute approximate surface area is 174 Å². The molecule has 6 nitrogen and oxygen atoms in total. The summed E-state index contributed by atoms with van der Waals surface area (Å²) in [7, 11) is 3.37. The van der Waals surface area contributed by atoms with E-state index in [2.05, 4.69) is 27.4 Å². The van der Waals surface area contributed by atoms with Crippen molar-refractivity contribution in [2.45, 2.75) is 32.7 Å². The van der Waals surface area contributed by atoms with Crippen LogP contribution in [0.25, 0.3) is 0 Å². The Morgan fingerprint density at radius 1 is 1.31 bits per heavy atom. The van der Waals surface area contributed by atoms with Crippen LogP contribution in [0.5, 0.6) is 11.5 Å². The Morgan fingerprint density at radius 2 is 2.04 bits per heavy atom. The minimum absolute atomic E-state index is 0. The highest BCUT2D eigenvalue weighted by molar-refractivity contribution is 14.0. The van der Waals surface area contributed by atoms with E-state index in [0.717, 1.165) is 42.7 Å². The molecule has 1 fully saturated rings. The quantitative estimate of drug-likeness (QED) is 0.245. The summed E-state index contributed by atoms with van der Waals surface area (Å²) < 4.78 is 5.20. The van der Waals surface area contributed by atoms with Gasteiger partial charge in [0.15, 0.2) is 5.96 Å². The number of hydrogen-bond acceptors (Lipinski definition) is 4. The zero-order chi connectivity index (χ0) is 18.1. The van der Waals surface area contributed by atoms with Crippen molar-refractivity contribution in [3.63, 3.8) is 0 Å². The molecule has 0 aromatic heterocycles. The predicted molar refractivity (Wildman–Crippen MR) is 118 cm³/mol. The lowest BCUT2D eigenvalue weighted by molar-refractivity contribution is 0.191. The monoisotopic (exact) mass is 476 g/mol. The average molecular weight is 476 g/mol. The van der Waals surface area contributed by atoms with Gasteiger partial charge < -0.3 is 25.4 Å². The van der Waals surface area contributed by atoms with E-state index in [1.54, 1.807) is 26.3 Å². The van der Waals surface area contributed by atoms with Crippen molar-refractivity contribution < 1.29 is 9.84 Å². The Morgan fingerprint density at radius 3 is 2.69 bits per heavy atom. The molecule has 1 aromatic rings. The highest BCUT2D eigenvalue weighted by Gasteiger charge is 2.14. The summed E-state index contributed by atoms with van der Waals surface area (Å²) in [6.07, 6.45) is 3.74. The second kappa shape index (κ2) is 12.2. The van der Waals surface area contributed by atoms with Crippen LogP contribution in [0.1, 0.15) is 31.7 Å². The van der Waals surface area contributed by atoms with Crippen molar-refractivity contribution in [3.8, 4) is 11.5 Å². The summed E-state index contributed by atoms with van der Waals surface area (Å²) in [6, 6.07) is 5.21. The molecule has 148 valence electrons. The second-order valence-electron chi connectivity index (χ2n) is 6.72. The molecule has 7 heteroatoms. The normalized spacial score (nSPS) is 16.0. The first-order valence-corrected chi connectivity index (χ1v) is 9.15. The summed E-state index contributed by atoms with van der Waals surface area (Å²) in [4.78, 5) is 6.79. The molecule has 1 aromatic carbocycles. The number of ether oxygens (including phenoxy) is 1. The summed E-state index contributed by atoms with van der Waals surface area (Å²) in [5.74, 6) is 2.61. The lowest BCUT2D eigenvalue weighted by atomic mass is 9.99. The van der Waals surface area contributed by atoms with Crippen molar-refractivity contribution >= 4 is 29.9 Å². The van der Waals surface area contributed by atoms with Gasteiger partial charge in [-0.15, -0.1) is 24.0 Å². The first kappa shape index (κ1) is 22.8. The van der Waals surface area contributed by atoms with Crippen molar-refractivity contribution in [2.75, 3.05) is 40.3 Å². The molecular formula is C19H33IN4O2. The van der Waals surface area contributed by atoms with Crippen LogP contribution in [0, 0.1) is 5.92 Å². The minimum atomic E-state index is 0. The molecule has 0 spiro atoms. The zero-order valence-corrected chi connectivity index (χ0v) is 18.5. The van der Waals surface area contributed by atoms with E-state index in [1.165, 1.54) is 25.9 Å². The zero-order valence-electron chi connectivity index (χ0n) is 16.1. The minimum Gasteiger partial charge on any atom is -0.508 e. The Hall–Kier alpha value is -1.22. The molecule has 1 aliphatic heterocycles. The number of halogens is 1. The summed E-state index contributed by atoms with van der Waals surface area (Å²) >= 11 is 0. The topological polar surface area (TPSA) is 69.1 Å². The van der Waals surface area contributed by atoms with Gasteiger partial charge in [0, 0.05) is 25.7 Å². The smallest absolute Gasteiger partial charge is 0.191 e. The van der Waals surface area contributed by atoms with Crippen LogP contribution in [-0.2, 0) is 6.54 Å². The van der Waals surface area contributed by atoms with Crippen LogP contribution in [-0.4, -0.2) is 56.3 Å². The van der Waals surface area contributed by atoms with Gasteiger partial charge in [-0.3, -0.25) is 4.99 Å². The van der Waals surface area contributed by atoms with Crippen LogP contribution in [0.3, 0.4) is 0 Å².